The van der Waals surface area contributed by atoms with Gasteiger partial charge in [0.25, 0.3) is 0 Å². The predicted molar refractivity (Wildman–Crippen MR) is 232 cm³/mol. The molecule has 6 aliphatic heterocycles. The summed E-state index contributed by atoms with van der Waals surface area (Å²) in [6.45, 7) is 20.9. The van der Waals surface area contributed by atoms with Gasteiger partial charge in [0, 0.05) is 42.4 Å². The summed E-state index contributed by atoms with van der Waals surface area (Å²) in [5.41, 5.74) is -3.16. The molecular formula is C49H79NO13. The van der Waals surface area contributed by atoms with Gasteiger partial charge < -0.3 is 53.8 Å². The maximum atomic E-state index is 14.8. The lowest BCUT2D eigenvalue weighted by atomic mass is 9.72. The van der Waals surface area contributed by atoms with E-state index in [1.165, 1.54) is 0 Å². The molecule has 358 valence electrons. The lowest BCUT2D eigenvalue weighted by Gasteiger charge is -2.55. The Morgan fingerprint density at radius 1 is 0.889 bits per heavy atom. The molecule has 1 unspecified atom stereocenters. The van der Waals surface area contributed by atoms with E-state index in [9.17, 15) is 29.7 Å². The normalized spacial score (nSPS) is 46.0. The molecule has 6 heterocycles. The van der Waals surface area contributed by atoms with Crippen molar-refractivity contribution in [3.8, 4) is 0 Å². The molecule has 14 heteroatoms. The van der Waals surface area contributed by atoms with Gasteiger partial charge in [-0.3, -0.25) is 9.59 Å². The summed E-state index contributed by atoms with van der Waals surface area (Å²) in [5, 5.41) is 36.4. The number of alkyl carbamates (subject to hydrolysis) is 1. The lowest BCUT2D eigenvalue weighted by molar-refractivity contribution is -0.398. The monoisotopic (exact) mass is 890 g/mol. The summed E-state index contributed by atoms with van der Waals surface area (Å²) in [6.07, 6.45) is 7.77. The number of nitrogens with one attached hydrogen (secondary N) is 1. The third-order valence-corrected chi connectivity index (χ3v) is 17.5. The van der Waals surface area contributed by atoms with Gasteiger partial charge in [-0.1, -0.05) is 61.5 Å². The van der Waals surface area contributed by atoms with Crippen molar-refractivity contribution < 1.29 is 62.9 Å². The van der Waals surface area contributed by atoms with E-state index in [-0.39, 0.29) is 35.7 Å². The number of ether oxygens (including phenoxy) is 7. The third-order valence-electron chi connectivity index (χ3n) is 17.5. The van der Waals surface area contributed by atoms with Crippen LogP contribution in [0, 0.1) is 40.9 Å². The van der Waals surface area contributed by atoms with Gasteiger partial charge in [-0.2, -0.15) is 0 Å². The van der Waals surface area contributed by atoms with Gasteiger partial charge >= 0.3 is 12.1 Å². The number of rotatable bonds is 13. The molecule has 3 spiro atoms. The Morgan fingerprint density at radius 3 is 2.22 bits per heavy atom. The molecule has 7 aliphatic rings. The van der Waals surface area contributed by atoms with Crippen LogP contribution in [0.2, 0.25) is 0 Å². The van der Waals surface area contributed by atoms with Crippen LogP contribution in [0.15, 0.2) is 12.2 Å². The van der Waals surface area contributed by atoms with Crippen LogP contribution in [-0.2, 0) is 42.7 Å². The van der Waals surface area contributed by atoms with Gasteiger partial charge in [-0.25, -0.2) is 4.79 Å². The topological polar surface area (TPSA) is 189 Å². The molecule has 18 atom stereocenters. The first kappa shape index (κ1) is 48.8. The fourth-order valence-electron chi connectivity index (χ4n) is 12.9. The Labute approximate surface area is 375 Å². The molecule has 0 aromatic rings. The Balaban J connectivity index is 1.12. The van der Waals surface area contributed by atoms with Gasteiger partial charge in [0.05, 0.1) is 66.5 Å². The quantitative estimate of drug-likeness (QED) is 0.136. The highest BCUT2D eigenvalue weighted by atomic mass is 16.8. The Hall–Kier alpha value is -2.17. The summed E-state index contributed by atoms with van der Waals surface area (Å²) < 4.78 is 46.2. The summed E-state index contributed by atoms with van der Waals surface area (Å²) >= 11 is 0. The van der Waals surface area contributed by atoms with E-state index in [0.717, 1.165) is 6.42 Å². The van der Waals surface area contributed by atoms with Crippen LogP contribution < -0.4 is 5.32 Å². The number of ketones is 1. The van der Waals surface area contributed by atoms with Crippen molar-refractivity contribution in [2.24, 2.45) is 40.9 Å². The second-order valence-corrected chi connectivity index (χ2v) is 21.3. The Morgan fingerprint density at radius 2 is 1.59 bits per heavy atom. The van der Waals surface area contributed by atoms with E-state index in [0.29, 0.717) is 90.3 Å². The van der Waals surface area contributed by atoms with Crippen LogP contribution in [0.25, 0.3) is 0 Å². The summed E-state index contributed by atoms with van der Waals surface area (Å²) in [5.74, 6) is -5.66. The highest BCUT2D eigenvalue weighted by Gasteiger charge is 2.74. The number of carboxylic acid groups (broad SMARTS) is 1. The minimum absolute atomic E-state index is 0.0290. The van der Waals surface area contributed by atoms with Crippen molar-refractivity contribution in [1.82, 2.24) is 5.32 Å². The molecule has 1 aliphatic carbocycles. The molecule has 1 saturated carbocycles. The molecule has 7 rings (SSSR count). The molecule has 0 aromatic heterocycles. The Kier molecular flexibility index (Phi) is 14.0. The highest BCUT2D eigenvalue weighted by Crippen LogP contribution is 2.68. The van der Waals surface area contributed by atoms with Crippen molar-refractivity contribution in [3.63, 3.8) is 0 Å². The first-order valence-corrected chi connectivity index (χ1v) is 24.5. The molecule has 63 heavy (non-hydrogen) atoms. The minimum atomic E-state index is -1.38. The number of hydrogen-bond acceptors (Lipinski definition) is 12. The van der Waals surface area contributed by atoms with E-state index >= 15 is 0 Å². The number of carbonyl (C=O) groups is 3. The minimum Gasteiger partial charge on any atom is -0.481 e. The van der Waals surface area contributed by atoms with E-state index in [2.05, 4.69) is 26.1 Å². The predicted octanol–water partition coefficient (Wildman–Crippen LogP) is 7.25. The zero-order chi connectivity index (χ0) is 45.9. The first-order chi connectivity index (χ1) is 29.7. The van der Waals surface area contributed by atoms with Crippen molar-refractivity contribution >= 4 is 17.8 Å². The van der Waals surface area contributed by atoms with E-state index < -0.39 is 94.1 Å². The molecule has 0 radical (unpaired) electrons. The molecule has 0 bridgehead atoms. The largest absolute Gasteiger partial charge is 0.481 e. The highest BCUT2D eigenvalue weighted by molar-refractivity contribution is 5.84. The maximum absolute atomic E-state index is 14.8. The summed E-state index contributed by atoms with van der Waals surface area (Å²) in [4.78, 5) is 40.6. The first-order valence-electron chi connectivity index (χ1n) is 24.5. The number of aliphatic hydroxyl groups is 2. The van der Waals surface area contributed by atoms with Crippen molar-refractivity contribution in [1.29, 1.82) is 0 Å². The second-order valence-electron chi connectivity index (χ2n) is 21.3. The SMILES string of the molecule is CC[C@@H](C(=O)[C@@H](C)[C@@H](O)C1(C)C[C@]12O[C@@H]([C@@H](CC)C(=O)O)CC[C@@H]2C)[C@H]1O[C@]2(C=C[C@@H](NC(=O)OC3CCOCC3)[C@]3(CC[C@@](C)([C@H]4CC[C@](O)(CC)[C@H](C)O4)O3)O2)[C@H](C)C[C@@H]1C. The number of aliphatic hydroxyl groups excluding tert-OH is 1. The van der Waals surface area contributed by atoms with Crippen molar-refractivity contribution in [2.75, 3.05) is 13.2 Å². The van der Waals surface area contributed by atoms with Crippen LogP contribution in [0.5, 0.6) is 0 Å². The molecule has 14 nitrogen and oxygen atoms in total. The maximum Gasteiger partial charge on any atom is 0.408 e. The number of aliphatic carboxylic acids is 1. The van der Waals surface area contributed by atoms with Crippen LogP contribution in [0.1, 0.15) is 153 Å². The second kappa shape index (κ2) is 18.1. The van der Waals surface area contributed by atoms with E-state index in [1.54, 1.807) is 6.92 Å². The molecule has 0 aromatic carbocycles. The molecule has 1 amide bonds. The van der Waals surface area contributed by atoms with Crippen LogP contribution in [-0.4, -0.2) is 117 Å². The van der Waals surface area contributed by atoms with E-state index in [4.69, 9.17) is 33.2 Å². The third kappa shape index (κ3) is 8.68. The van der Waals surface area contributed by atoms with E-state index in [1.807, 2.05) is 53.7 Å². The standard InChI is InChI=1S/C49H79NO13/c1-11-34(42(53)54)36-15-14-29(5)47(60-36)27-44(47,9)41(52)31(7)39(51)35(12-2)40-28(4)26-30(6)48(61-40)21-16-37(50-43(55)59-33-18-24-57-25-19-33)49(63-48)23-22-45(10,62-49)38-17-20-46(56,13-3)32(8)58-38/h16,21,28-38,40-41,52,56H,11-15,17-20,22-27H2,1-10H3,(H,50,55)(H,53,54)/t28-,29-,30+,31+,32-,34+,35-,36+,37+,38+,40-,41+,44?,45-,46+,47+,48-,49-/m0/s1. The lowest BCUT2D eigenvalue weighted by Crippen LogP contribution is -2.66. The van der Waals surface area contributed by atoms with Crippen LogP contribution in [0.3, 0.4) is 0 Å². The smallest absolute Gasteiger partial charge is 0.408 e. The fourth-order valence-corrected chi connectivity index (χ4v) is 12.9. The number of amides is 1. The number of carbonyl (C=O) groups excluding carboxylic acids is 2. The van der Waals surface area contributed by atoms with Crippen molar-refractivity contribution in [3.05, 3.63) is 12.2 Å². The molecule has 6 fully saturated rings. The summed E-state index contributed by atoms with van der Waals surface area (Å²) in [7, 11) is 0. The zero-order valence-corrected chi connectivity index (χ0v) is 39.7. The molecular weight excluding hydrogens is 811 g/mol. The van der Waals surface area contributed by atoms with Gasteiger partial charge in [0.1, 0.15) is 17.9 Å². The Bertz CT molecular complexity index is 1710. The van der Waals surface area contributed by atoms with Gasteiger partial charge in [-0.15, -0.1) is 0 Å². The van der Waals surface area contributed by atoms with Gasteiger partial charge in [-0.05, 0) is 96.0 Å². The zero-order valence-electron chi connectivity index (χ0n) is 39.7. The van der Waals surface area contributed by atoms with Gasteiger partial charge in [0.15, 0.2) is 11.6 Å². The van der Waals surface area contributed by atoms with Crippen LogP contribution >= 0.6 is 0 Å². The molecule has 5 saturated heterocycles. The van der Waals surface area contributed by atoms with Gasteiger partial charge in [0.2, 0.25) is 0 Å². The van der Waals surface area contributed by atoms with Crippen LogP contribution in [0.4, 0.5) is 4.79 Å². The average Bonchev–Trinajstić information content (AvgIpc) is 3.71. The molecule has 4 N–H and O–H groups in total. The fraction of sp³-hybridized carbons (Fsp3) is 0.898. The summed E-state index contributed by atoms with van der Waals surface area (Å²) in [6, 6.07) is -0.739. The number of Topliss-reactive ketones (excluding diaryl/α,β-unsaturated/α-hetero) is 1. The van der Waals surface area contributed by atoms with Crippen molar-refractivity contribution in [2.45, 2.75) is 224 Å². The number of carboxylic acids is 1. The number of hydrogen-bond donors (Lipinski definition) is 4. The average molecular weight is 890 g/mol.